The lowest BCUT2D eigenvalue weighted by Crippen LogP contribution is -2.61. The van der Waals surface area contributed by atoms with Gasteiger partial charge in [0.2, 0.25) is 0 Å². The van der Waals surface area contributed by atoms with E-state index in [2.05, 4.69) is 9.47 Å². The van der Waals surface area contributed by atoms with Crippen molar-refractivity contribution in [2.45, 2.75) is 56.2 Å². The van der Waals surface area contributed by atoms with Crippen molar-refractivity contribution in [3.63, 3.8) is 0 Å². The van der Waals surface area contributed by atoms with Crippen molar-refractivity contribution in [2.24, 2.45) is 0 Å². The minimum Gasteiger partial charge on any atom is -0.316 e. The molecule has 0 spiro atoms. The second kappa shape index (κ2) is 9.66. The van der Waals surface area contributed by atoms with Gasteiger partial charge in [-0.15, -0.1) is 17.6 Å². The standard InChI is InChI=1S/C9H12F8O5S.CF4/c1-2-3-4-5-21-8(14,15)6(10,7(11,12)13)22-9(16,17)23(18,19)20;2-1(3,4)5/h2-5H2,1H3,(H,18,19,20);. The molecule has 28 heavy (non-hydrogen) atoms. The summed E-state index contributed by atoms with van der Waals surface area (Å²) in [5, 5.41) is 0. The number of rotatable bonds is 9. The average molecular weight is 472 g/mol. The molecule has 0 fully saturated rings. The van der Waals surface area contributed by atoms with Crippen LogP contribution < -0.4 is 0 Å². The molecule has 1 unspecified atom stereocenters. The molecule has 1 N–H and O–H groups in total. The van der Waals surface area contributed by atoms with Crippen LogP contribution in [0.4, 0.5) is 52.7 Å². The van der Waals surface area contributed by atoms with Crippen molar-refractivity contribution in [1.29, 1.82) is 0 Å². The summed E-state index contributed by atoms with van der Waals surface area (Å²) < 4.78 is 175. The molecule has 0 radical (unpaired) electrons. The van der Waals surface area contributed by atoms with Crippen LogP contribution >= 0.6 is 0 Å². The fourth-order valence-corrected chi connectivity index (χ4v) is 1.36. The van der Waals surface area contributed by atoms with E-state index in [1.54, 1.807) is 6.92 Å². The van der Waals surface area contributed by atoms with Crippen molar-refractivity contribution < 1.29 is 75.1 Å². The van der Waals surface area contributed by atoms with E-state index in [1.807, 2.05) is 0 Å². The quantitative estimate of drug-likeness (QED) is 0.292. The summed E-state index contributed by atoms with van der Waals surface area (Å²) in [6.45, 7) is 0.437. The molecule has 0 saturated carbocycles. The Morgan fingerprint density at radius 1 is 0.821 bits per heavy atom. The molecular formula is C10H12F12O5S. The van der Waals surface area contributed by atoms with Crippen molar-refractivity contribution in [1.82, 2.24) is 0 Å². The molecule has 0 aliphatic heterocycles. The Morgan fingerprint density at radius 3 is 1.50 bits per heavy atom. The molecule has 0 aliphatic carbocycles. The third-order valence-electron chi connectivity index (χ3n) is 2.33. The first-order valence-electron chi connectivity index (χ1n) is 6.60. The molecule has 0 aromatic rings. The van der Waals surface area contributed by atoms with Crippen molar-refractivity contribution in [3.05, 3.63) is 0 Å². The van der Waals surface area contributed by atoms with Gasteiger partial charge in [0.05, 0.1) is 6.61 Å². The third kappa shape index (κ3) is 9.46. The highest BCUT2D eigenvalue weighted by atomic mass is 32.2. The van der Waals surface area contributed by atoms with Crippen LogP contribution in [0.3, 0.4) is 0 Å². The summed E-state index contributed by atoms with van der Waals surface area (Å²) in [4.78, 5) is 0. The fourth-order valence-electron chi connectivity index (χ4n) is 1.14. The first kappa shape index (κ1) is 29.2. The molecule has 172 valence electrons. The lowest BCUT2D eigenvalue weighted by molar-refractivity contribution is -0.488. The third-order valence-corrected chi connectivity index (χ3v) is 3.01. The monoisotopic (exact) mass is 472 g/mol. The molecular weight excluding hydrogens is 460 g/mol. The Bertz CT molecular complexity index is 566. The first-order chi connectivity index (χ1) is 12.0. The molecule has 0 aromatic carbocycles. The zero-order chi connectivity index (χ0) is 23.2. The summed E-state index contributed by atoms with van der Waals surface area (Å²) in [5.74, 6) is -6.52. The van der Waals surface area contributed by atoms with Gasteiger partial charge in [0.1, 0.15) is 0 Å². The van der Waals surface area contributed by atoms with Crippen LogP contribution in [0.15, 0.2) is 0 Å². The highest BCUT2D eigenvalue weighted by molar-refractivity contribution is 7.86. The maximum atomic E-state index is 13.5. The van der Waals surface area contributed by atoms with Crippen molar-refractivity contribution >= 4 is 10.1 Å². The molecule has 0 saturated heterocycles. The SMILES string of the molecule is CCCCCOC(F)(F)C(F)(OC(F)(F)S(=O)(=O)O)C(F)(F)F.FC(F)(F)F. The van der Waals surface area contributed by atoms with Gasteiger partial charge in [-0.2, -0.15) is 43.5 Å². The number of halogens is 12. The molecule has 0 amide bonds. The van der Waals surface area contributed by atoms with E-state index in [-0.39, 0.29) is 12.8 Å². The Hall–Kier alpha value is -1.01. The van der Waals surface area contributed by atoms with E-state index in [1.165, 1.54) is 0 Å². The van der Waals surface area contributed by atoms with Gasteiger partial charge in [-0.05, 0) is 6.42 Å². The van der Waals surface area contributed by atoms with Gasteiger partial charge in [0.25, 0.3) is 0 Å². The lowest BCUT2D eigenvalue weighted by Gasteiger charge is -2.35. The zero-order valence-corrected chi connectivity index (χ0v) is 14.2. The molecule has 0 aliphatic rings. The minimum atomic E-state index is -6.81. The van der Waals surface area contributed by atoms with Crippen LogP contribution in [-0.2, 0) is 19.6 Å². The Morgan fingerprint density at radius 2 is 1.21 bits per heavy atom. The van der Waals surface area contributed by atoms with E-state index in [0.29, 0.717) is 6.42 Å². The van der Waals surface area contributed by atoms with Gasteiger partial charge in [-0.1, -0.05) is 19.8 Å². The fraction of sp³-hybridized carbons (Fsp3) is 1.00. The summed E-state index contributed by atoms with van der Waals surface area (Å²) in [6.07, 6.45) is -18.0. The molecule has 0 bridgehead atoms. The molecule has 0 rings (SSSR count). The smallest absolute Gasteiger partial charge is 0.316 e. The maximum Gasteiger partial charge on any atom is 0.559 e. The molecule has 1 atom stereocenters. The van der Waals surface area contributed by atoms with Crippen LogP contribution in [0.1, 0.15) is 26.2 Å². The van der Waals surface area contributed by atoms with Gasteiger partial charge >= 0.3 is 40.1 Å². The largest absolute Gasteiger partial charge is 0.559 e. The Balaban J connectivity index is 0. The van der Waals surface area contributed by atoms with Crippen molar-refractivity contribution in [2.75, 3.05) is 6.61 Å². The normalized spacial score (nSPS) is 16.2. The number of hydrogen-bond donors (Lipinski definition) is 1. The summed E-state index contributed by atoms with van der Waals surface area (Å²) >= 11 is 0. The predicted molar refractivity (Wildman–Crippen MR) is 65.1 cm³/mol. The maximum absolute atomic E-state index is 13.5. The van der Waals surface area contributed by atoms with E-state index in [0.717, 1.165) is 0 Å². The van der Waals surface area contributed by atoms with Gasteiger partial charge in [0.15, 0.2) is 0 Å². The number of ether oxygens (including phenoxy) is 2. The summed E-state index contributed by atoms with van der Waals surface area (Å²) in [7, 11) is -6.77. The zero-order valence-electron chi connectivity index (χ0n) is 13.4. The van der Waals surface area contributed by atoms with E-state index in [9.17, 15) is 61.1 Å². The number of alkyl halides is 12. The lowest BCUT2D eigenvalue weighted by atomic mass is 10.2. The first-order valence-corrected chi connectivity index (χ1v) is 8.04. The highest BCUT2D eigenvalue weighted by Gasteiger charge is 2.78. The highest BCUT2D eigenvalue weighted by Crippen LogP contribution is 2.50. The summed E-state index contributed by atoms with van der Waals surface area (Å²) in [5.41, 5.74) is -6.30. The van der Waals surface area contributed by atoms with Gasteiger partial charge < -0.3 is 4.74 Å². The predicted octanol–water partition coefficient (Wildman–Crippen LogP) is 4.94. The molecule has 5 nitrogen and oxygen atoms in total. The summed E-state index contributed by atoms with van der Waals surface area (Å²) in [6, 6.07) is 0. The van der Waals surface area contributed by atoms with Crippen molar-refractivity contribution in [3.8, 4) is 0 Å². The van der Waals surface area contributed by atoms with Crippen LogP contribution in [-0.4, -0.2) is 49.6 Å². The van der Waals surface area contributed by atoms with E-state index >= 15 is 0 Å². The molecule has 18 heteroatoms. The number of unbranched alkanes of at least 4 members (excludes halogenated alkanes) is 2. The minimum absolute atomic E-state index is 0.198. The van der Waals surface area contributed by atoms with Crippen LogP contribution in [0.2, 0.25) is 0 Å². The topological polar surface area (TPSA) is 72.8 Å². The van der Waals surface area contributed by atoms with Gasteiger partial charge in [-0.25, -0.2) is 0 Å². The second-order valence-corrected chi connectivity index (χ2v) is 6.06. The van der Waals surface area contributed by atoms with Gasteiger partial charge in [0, 0.05) is 0 Å². The second-order valence-electron chi connectivity index (χ2n) is 4.63. The Labute approximate surface area is 149 Å². The van der Waals surface area contributed by atoms with E-state index < -0.39 is 46.7 Å². The molecule has 0 heterocycles. The Kier molecular flexibility index (Phi) is 10.1. The number of hydrogen-bond acceptors (Lipinski definition) is 4. The molecule has 0 aromatic heterocycles. The van der Waals surface area contributed by atoms with E-state index in [4.69, 9.17) is 4.55 Å². The van der Waals surface area contributed by atoms with Gasteiger partial charge in [-0.3, -0.25) is 9.29 Å². The van der Waals surface area contributed by atoms with Crippen LogP contribution in [0.5, 0.6) is 0 Å². The van der Waals surface area contributed by atoms with Crippen LogP contribution in [0.25, 0.3) is 0 Å². The van der Waals surface area contributed by atoms with Crippen LogP contribution in [0, 0.1) is 0 Å². The average Bonchev–Trinajstić information content (AvgIpc) is 2.38.